The molecule has 2 aromatic carbocycles. The summed E-state index contributed by atoms with van der Waals surface area (Å²) < 4.78 is 5.88. The summed E-state index contributed by atoms with van der Waals surface area (Å²) in [5.41, 5.74) is 1.47. The van der Waals surface area contributed by atoms with Gasteiger partial charge in [-0.25, -0.2) is 0 Å². The Hall–Kier alpha value is -1.22. The van der Waals surface area contributed by atoms with E-state index in [1.807, 2.05) is 31.2 Å². The Morgan fingerprint density at radius 2 is 1.85 bits per heavy atom. The fraction of sp³-hybridized carbons (Fsp3) is 0.440. The number of carbonyl (C=O) groups excluding carboxylic acids is 1. The summed E-state index contributed by atoms with van der Waals surface area (Å²) >= 11 is 7.98. The molecule has 2 atom stereocenters. The van der Waals surface area contributed by atoms with Crippen molar-refractivity contribution >= 4 is 64.7 Å². The number of phenols is 1. The molecule has 0 amide bonds. The number of halogens is 1. The summed E-state index contributed by atoms with van der Waals surface area (Å²) in [5, 5.41) is 30.0. The molecule has 0 spiro atoms. The van der Waals surface area contributed by atoms with Crippen LogP contribution in [0.3, 0.4) is 0 Å². The van der Waals surface area contributed by atoms with Crippen LogP contribution in [0.2, 0.25) is 5.02 Å². The van der Waals surface area contributed by atoms with Gasteiger partial charge in [0.1, 0.15) is 11.5 Å². The second-order valence-electron chi connectivity index (χ2n) is 8.01. The standard InChI is InChI=1S/C25H31ClO6S.Na.H/c1-4-6-19-24(31)20(16(3)27)14-21(26)25(19)32-11-5-12-33-18-9-7-17(8-10-18)23(30)15(2)13-22(28)29;;/h7-10,14-15,23,30-31H,4-6,11-13H2,1-3H3,(H,28,29);;. The predicted molar refractivity (Wildman–Crippen MR) is 138 cm³/mol. The first kappa shape index (κ1) is 30.8. The number of ketones is 1. The van der Waals surface area contributed by atoms with Gasteiger partial charge in [-0.15, -0.1) is 11.8 Å². The summed E-state index contributed by atoms with van der Waals surface area (Å²) in [6.45, 7) is 5.49. The van der Waals surface area contributed by atoms with Gasteiger partial charge in [0.15, 0.2) is 5.78 Å². The van der Waals surface area contributed by atoms with E-state index in [2.05, 4.69) is 0 Å². The molecule has 0 aliphatic heterocycles. The molecule has 9 heteroatoms. The monoisotopic (exact) mass is 518 g/mol. The van der Waals surface area contributed by atoms with Crippen molar-refractivity contribution in [3.05, 3.63) is 52.0 Å². The number of aliphatic hydroxyl groups excluding tert-OH is 1. The number of rotatable bonds is 13. The van der Waals surface area contributed by atoms with E-state index in [9.17, 15) is 19.8 Å². The zero-order valence-electron chi connectivity index (χ0n) is 19.1. The number of hydrogen-bond donors (Lipinski definition) is 3. The third kappa shape index (κ3) is 8.77. The average molecular weight is 519 g/mol. The van der Waals surface area contributed by atoms with E-state index < -0.39 is 12.1 Å². The van der Waals surface area contributed by atoms with Gasteiger partial charge < -0.3 is 20.1 Å². The predicted octanol–water partition coefficient (Wildman–Crippen LogP) is 5.26. The Labute approximate surface area is 232 Å². The molecule has 0 bridgehead atoms. The Morgan fingerprint density at radius 1 is 1.21 bits per heavy atom. The maximum absolute atomic E-state index is 11.8. The van der Waals surface area contributed by atoms with Crippen molar-refractivity contribution in [3.8, 4) is 11.5 Å². The number of carboxylic acid groups (broad SMARTS) is 1. The minimum atomic E-state index is -0.927. The van der Waals surface area contributed by atoms with Gasteiger partial charge in [-0.1, -0.05) is 44.0 Å². The van der Waals surface area contributed by atoms with Crippen LogP contribution in [-0.4, -0.2) is 69.0 Å². The Balaban J connectivity index is 0.00000578. The van der Waals surface area contributed by atoms with Crippen LogP contribution >= 0.6 is 23.4 Å². The summed E-state index contributed by atoms with van der Waals surface area (Å²) in [6, 6.07) is 8.91. The van der Waals surface area contributed by atoms with Gasteiger partial charge in [-0.05, 0) is 49.4 Å². The molecule has 0 fully saturated rings. The van der Waals surface area contributed by atoms with E-state index in [1.54, 1.807) is 18.7 Å². The van der Waals surface area contributed by atoms with E-state index >= 15 is 0 Å². The average Bonchev–Trinajstić information content (AvgIpc) is 2.76. The number of aliphatic hydroxyl groups is 1. The van der Waals surface area contributed by atoms with Gasteiger partial charge in [-0.3, -0.25) is 9.59 Å². The molecule has 0 aromatic heterocycles. The fourth-order valence-electron chi connectivity index (χ4n) is 3.48. The van der Waals surface area contributed by atoms with Gasteiger partial charge in [0.2, 0.25) is 0 Å². The molecule has 0 saturated carbocycles. The van der Waals surface area contributed by atoms with Gasteiger partial charge in [0.25, 0.3) is 0 Å². The summed E-state index contributed by atoms with van der Waals surface area (Å²) in [5.74, 6) is -0.381. The Morgan fingerprint density at radius 3 is 2.41 bits per heavy atom. The first-order valence-electron chi connectivity index (χ1n) is 11.0. The van der Waals surface area contributed by atoms with Crippen molar-refractivity contribution in [1.29, 1.82) is 0 Å². The molecule has 0 saturated heterocycles. The number of phenolic OH excluding ortho intramolecular Hbond substituents is 1. The molecule has 0 heterocycles. The molecule has 2 rings (SSSR count). The molecule has 3 N–H and O–H groups in total. The number of benzene rings is 2. The van der Waals surface area contributed by atoms with Gasteiger partial charge >= 0.3 is 35.5 Å². The van der Waals surface area contributed by atoms with Crippen molar-refractivity contribution in [3.63, 3.8) is 0 Å². The molecule has 0 radical (unpaired) electrons. The van der Waals surface area contributed by atoms with Crippen molar-refractivity contribution in [2.24, 2.45) is 5.92 Å². The number of carbonyl (C=O) groups is 2. The van der Waals surface area contributed by atoms with Crippen molar-refractivity contribution in [2.45, 2.75) is 57.5 Å². The number of hydrogen-bond acceptors (Lipinski definition) is 6. The quantitative estimate of drug-likeness (QED) is 0.144. The van der Waals surface area contributed by atoms with Gasteiger partial charge in [-0.2, -0.15) is 0 Å². The number of carboxylic acids is 1. The molecular weight excluding hydrogens is 487 g/mol. The number of ether oxygens (including phenoxy) is 1. The van der Waals surface area contributed by atoms with Crippen LogP contribution in [-0.2, 0) is 11.2 Å². The number of aromatic hydroxyl groups is 1. The first-order chi connectivity index (χ1) is 15.6. The van der Waals surface area contributed by atoms with Crippen LogP contribution in [0.15, 0.2) is 35.2 Å². The zero-order valence-corrected chi connectivity index (χ0v) is 20.7. The Bertz CT molecular complexity index is 967. The molecule has 182 valence electrons. The van der Waals surface area contributed by atoms with E-state index in [1.165, 1.54) is 13.0 Å². The van der Waals surface area contributed by atoms with E-state index in [0.717, 1.165) is 23.5 Å². The topological polar surface area (TPSA) is 104 Å². The SMILES string of the molecule is CCCc1c(O)c(C(C)=O)cc(Cl)c1OCCCSc1ccc(C(O)C(C)CC(=O)O)cc1.[NaH]. The van der Waals surface area contributed by atoms with Crippen LogP contribution in [0.25, 0.3) is 0 Å². The molecular formula is C25H32ClNaO6S. The minimum absolute atomic E-state index is 0. The van der Waals surface area contributed by atoms with Crippen molar-refractivity contribution < 1.29 is 29.6 Å². The summed E-state index contributed by atoms with van der Waals surface area (Å²) in [4.78, 5) is 23.6. The van der Waals surface area contributed by atoms with E-state index in [0.29, 0.717) is 34.9 Å². The molecule has 0 aliphatic rings. The second-order valence-corrected chi connectivity index (χ2v) is 9.58. The molecule has 34 heavy (non-hydrogen) atoms. The third-order valence-electron chi connectivity index (χ3n) is 5.24. The third-order valence-corrected chi connectivity index (χ3v) is 6.62. The van der Waals surface area contributed by atoms with Gasteiger partial charge in [0.05, 0.1) is 29.7 Å². The molecule has 0 aliphatic carbocycles. The Kier molecular flexibility index (Phi) is 13.6. The maximum atomic E-state index is 11.8. The number of aliphatic carboxylic acids is 1. The van der Waals surface area contributed by atoms with Crippen molar-refractivity contribution in [2.75, 3.05) is 12.4 Å². The number of Topliss-reactive ketones (excluding diaryl/α,β-unsaturated/α-hetero) is 1. The van der Waals surface area contributed by atoms with Crippen LogP contribution in [0.4, 0.5) is 0 Å². The van der Waals surface area contributed by atoms with E-state index in [-0.39, 0.29) is 59.0 Å². The fourth-order valence-corrected chi connectivity index (χ4v) is 4.59. The van der Waals surface area contributed by atoms with Crippen LogP contribution in [0.5, 0.6) is 11.5 Å². The zero-order chi connectivity index (χ0) is 24.5. The first-order valence-corrected chi connectivity index (χ1v) is 12.3. The second kappa shape index (κ2) is 15.0. The number of thioether (sulfide) groups is 1. The molecule has 2 unspecified atom stereocenters. The van der Waals surface area contributed by atoms with Crippen LogP contribution < -0.4 is 4.74 Å². The van der Waals surface area contributed by atoms with Crippen molar-refractivity contribution in [1.82, 2.24) is 0 Å². The van der Waals surface area contributed by atoms with E-state index in [4.69, 9.17) is 21.4 Å². The molecule has 2 aromatic rings. The normalized spacial score (nSPS) is 12.5. The van der Waals surface area contributed by atoms with Crippen LogP contribution in [0.1, 0.15) is 67.6 Å². The summed E-state index contributed by atoms with van der Waals surface area (Å²) in [6.07, 6.45) is 1.16. The van der Waals surface area contributed by atoms with Crippen LogP contribution in [0, 0.1) is 5.92 Å². The summed E-state index contributed by atoms with van der Waals surface area (Å²) in [7, 11) is 0. The van der Waals surface area contributed by atoms with Gasteiger partial charge in [0, 0.05) is 16.2 Å². The molecule has 6 nitrogen and oxygen atoms in total.